The van der Waals surface area contributed by atoms with E-state index in [4.69, 9.17) is 4.74 Å². The fourth-order valence-electron chi connectivity index (χ4n) is 2.67. The number of aryl methyl sites for hydroxylation is 2. The zero-order valence-electron chi connectivity index (χ0n) is 12.1. The Balaban J connectivity index is 2.27. The first-order valence-corrected chi connectivity index (χ1v) is 6.84. The molecule has 0 atom stereocenters. The summed E-state index contributed by atoms with van der Waals surface area (Å²) in [4.78, 5) is 0. The quantitative estimate of drug-likeness (QED) is 0.622. The minimum absolute atomic E-state index is 0.891. The molecule has 0 saturated carbocycles. The zero-order chi connectivity index (χ0) is 14.1. The van der Waals surface area contributed by atoms with Gasteiger partial charge in [-0.3, -0.25) is 0 Å². The molecule has 0 amide bonds. The molecule has 0 aliphatic carbocycles. The van der Waals surface area contributed by atoms with Crippen LogP contribution in [0.1, 0.15) is 11.1 Å². The summed E-state index contributed by atoms with van der Waals surface area (Å²) in [6.45, 7) is 4.37. The molecule has 0 radical (unpaired) electrons. The second kappa shape index (κ2) is 5.01. The third kappa shape index (κ3) is 2.05. The third-order valence-corrected chi connectivity index (χ3v) is 3.97. The van der Waals surface area contributed by atoms with Gasteiger partial charge in [0.2, 0.25) is 0 Å². The number of rotatable bonds is 2. The Morgan fingerprint density at radius 2 is 1.45 bits per heavy atom. The highest BCUT2D eigenvalue weighted by atomic mass is 16.5. The van der Waals surface area contributed by atoms with E-state index in [0.717, 1.165) is 5.75 Å². The van der Waals surface area contributed by atoms with Crippen molar-refractivity contribution >= 4 is 10.8 Å². The Bertz CT molecular complexity index is 755. The topological polar surface area (TPSA) is 9.23 Å². The van der Waals surface area contributed by atoms with Crippen molar-refractivity contribution in [1.82, 2.24) is 0 Å². The standard InChI is InChI=1S/C19H18O/c1-13-12-19(15-8-10-16(20-3)11-9-15)18-7-5-4-6-17(18)14(13)2/h4-12H,1-3H3. The molecular weight excluding hydrogens is 244 g/mol. The van der Waals surface area contributed by atoms with E-state index < -0.39 is 0 Å². The average molecular weight is 262 g/mol. The van der Waals surface area contributed by atoms with Crippen LogP contribution >= 0.6 is 0 Å². The number of ether oxygens (including phenoxy) is 1. The maximum absolute atomic E-state index is 5.24. The summed E-state index contributed by atoms with van der Waals surface area (Å²) in [7, 11) is 1.69. The highest BCUT2D eigenvalue weighted by Crippen LogP contribution is 2.33. The SMILES string of the molecule is COc1ccc(-c2cc(C)c(C)c3ccccc23)cc1. The summed E-state index contributed by atoms with van der Waals surface area (Å²) in [6, 6.07) is 19.1. The molecule has 20 heavy (non-hydrogen) atoms. The van der Waals surface area contributed by atoms with E-state index in [0.29, 0.717) is 0 Å². The van der Waals surface area contributed by atoms with Gasteiger partial charge in [-0.25, -0.2) is 0 Å². The second-order valence-electron chi connectivity index (χ2n) is 5.14. The molecule has 0 aliphatic rings. The summed E-state index contributed by atoms with van der Waals surface area (Å²) in [5.41, 5.74) is 5.20. The number of hydrogen-bond acceptors (Lipinski definition) is 1. The smallest absolute Gasteiger partial charge is 0.118 e. The van der Waals surface area contributed by atoms with Crippen molar-refractivity contribution < 1.29 is 4.74 Å². The molecule has 0 saturated heterocycles. The Morgan fingerprint density at radius 1 is 0.800 bits per heavy atom. The Labute approximate surface area is 119 Å². The van der Waals surface area contributed by atoms with E-state index in [9.17, 15) is 0 Å². The van der Waals surface area contributed by atoms with E-state index in [2.05, 4.69) is 56.3 Å². The molecular formula is C19H18O. The minimum atomic E-state index is 0.891. The fraction of sp³-hybridized carbons (Fsp3) is 0.158. The van der Waals surface area contributed by atoms with Gasteiger partial charge in [0, 0.05) is 0 Å². The lowest BCUT2D eigenvalue weighted by atomic mass is 9.92. The average Bonchev–Trinajstić information content (AvgIpc) is 2.51. The van der Waals surface area contributed by atoms with Crippen LogP contribution in [0.2, 0.25) is 0 Å². The summed E-state index contributed by atoms with van der Waals surface area (Å²) in [5.74, 6) is 0.891. The van der Waals surface area contributed by atoms with Gasteiger partial charge in [0.05, 0.1) is 7.11 Å². The van der Waals surface area contributed by atoms with E-state index in [1.807, 2.05) is 12.1 Å². The van der Waals surface area contributed by atoms with Crippen molar-refractivity contribution in [1.29, 1.82) is 0 Å². The normalized spacial score (nSPS) is 10.8. The molecule has 0 fully saturated rings. The van der Waals surface area contributed by atoms with Crippen molar-refractivity contribution in [2.24, 2.45) is 0 Å². The van der Waals surface area contributed by atoms with Crippen LogP contribution in [0.15, 0.2) is 54.6 Å². The van der Waals surface area contributed by atoms with Gasteiger partial charge in [-0.2, -0.15) is 0 Å². The summed E-state index contributed by atoms with van der Waals surface area (Å²) in [5, 5.41) is 2.64. The van der Waals surface area contributed by atoms with E-state index in [-0.39, 0.29) is 0 Å². The predicted molar refractivity (Wildman–Crippen MR) is 85.4 cm³/mol. The van der Waals surface area contributed by atoms with Gasteiger partial charge in [-0.05, 0) is 59.0 Å². The molecule has 1 heteroatoms. The van der Waals surface area contributed by atoms with Gasteiger partial charge in [-0.15, -0.1) is 0 Å². The maximum atomic E-state index is 5.24. The van der Waals surface area contributed by atoms with Crippen molar-refractivity contribution in [2.75, 3.05) is 7.11 Å². The first kappa shape index (κ1) is 12.7. The number of hydrogen-bond donors (Lipinski definition) is 0. The van der Waals surface area contributed by atoms with Gasteiger partial charge in [0.25, 0.3) is 0 Å². The first-order valence-electron chi connectivity index (χ1n) is 6.84. The number of methoxy groups -OCH3 is 1. The number of fused-ring (bicyclic) bond motifs is 1. The molecule has 0 spiro atoms. The molecule has 0 N–H and O–H groups in total. The summed E-state index contributed by atoms with van der Waals surface area (Å²) in [6.07, 6.45) is 0. The van der Waals surface area contributed by atoms with Gasteiger partial charge in [0.1, 0.15) is 5.75 Å². The van der Waals surface area contributed by atoms with Gasteiger partial charge in [0.15, 0.2) is 0 Å². The predicted octanol–water partition coefficient (Wildman–Crippen LogP) is 5.13. The number of benzene rings is 3. The van der Waals surface area contributed by atoms with E-state index >= 15 is 0 Å². The lowest BCUT2D eigenvalue weighted by Gasteiger charge is -2.12. The van der Waals surface area contributed by atoms with Crippen LogP contribution in [-0.4, -0.2) is 7.11 Å². The van der Waals surface area contributed by atoms with Crippen molar-refractivity contribution in [3.63, 3.8) is 0 Å². The third-order valence-electron chi connectivity index (χ3n) is 3.97. The van der Waals surface area contributed by atoms with Crippen LogP contribution in [0.3, 0.4) is 0 Å². The molecule has 0 bridgehead atoms. The minimum Gasteiger partial charge on any atom is -0.497 e. The molecule has 3 aromatic carbocycles. The van der Waals surface area contributed by atoms with Gasteiger partial charge in [-0.1, -0.05) is 42.5 Å². The lowest BCUT2D eigenvalue weighted by Crippen LogP contribution is -1.89. The van der Waals surface area contributed by atoms with Crippen LogP contribution in [0.25, 0.3) is 21.9 Å². The molecule has 100 valence electrons. The molecule has 3 aromatic rings. The van der Waals surface area contributed by atoms with Crippen LogP contribution in [0.4, 0.5) is 0 Å². The molecule has 0 unspecified atom stereocenters. The highest BCUT2D eigenvalue weighted by molar-refractivity contribution is 5.99. The Kier molecular flexibility index (Phi) is 3.19. The summed E-state index contributed by atoms with van der Waals surface area (Å²) >= 11 is 0. The Morgan fingerprint density at radius 3 is 2.10 bits per heavy atom. The van der Waals surface area contributed by atoms with Crippen LogP contribution in [0.5, 0.6) is 5.75 Å². The first-order chi connectivity index (χ1) is 9.70. The van der Waals surface area contributed by atoms with Crippen molar-refractivity contribution in [2.45, 2.75) is 13.8 Å². The maximum Gasteiger partial charge on any atom is 0.118 e. The van der Waals surface area contributed by atoms with Crippen molar-refractivity contribution in [3.05, 3.63) is 65.7 Å². The van der Waals surface area contributed by atoms with Crippen LogP contribution in [0, 0.1) is 13.8 Å². The molecule has 3 rings (SSSR count). The Hall–Kier alpha value is -2.28. The van der Waals surface area contributed by atoms with Crippen LogP contribution < -0.4 is 4.74 Å². The van der Waals surface area contributed by atoms with Gasteiger partial charge < -0.3 is 4.74 Å². The van der Waals surface area contributed by atoms with Gasteiger partial charge >= 0.3 is 0 Å². The zero-order valence-corrected chi connectivity index (χ0v) is 12.1. The molecule has 0 aliphatic heterocycles. The highest BCUT2D eigenvalue weighted by Gasteiger charge is 2.08. The monoisotopic (exact) mass is 262 g/mol. The van der Waals surface area contributed by atoms with Crippen molar-refractivity contribution in [3.8, 4) is 16.9 Å². The fourth-order valence-corrected chi connectivity index (χ4v) is 2.67. The molecule has 0 aromatic heterocycles. The van der Waals surface area contributed by atoms with E-state index in [1.54, 1.807) is 7.11 Å². The summed E-state index contributed by atoms with van der Waals surface area (Å²) < 4.78 is 5.24. The lowest BCUT2D eigenvalue weighted by molar-refractivity contribution is 0.415. The molecule has 1 nitrogen and oxygen atoms in total. The largest absolute Gasteiger partial charge is 0.497 e. The second-order valence-corrected chi connectivity index (χ2v) is 5.14. The van der Waals surface area contributed by atoms with E-state index in [1.165, 1.54) is 33.0 Å². The molecule has 0 heterocycles. The van der Waals surface area contributed by atoms with Crippen LogP contribution in [-0.2, 0) is 0 Å².